The van der Waals surface area contributed by atoms with Gasteiger partial charge >= 0.3 is 12.3 Å². The third-order valence-electron chi connectivity index (χ3n) is 5.16. The third-order valence-corrected chi connectivity index (χ3v) is 5.16. The van der Waals surface area contributed by atoms with Gasteiger partial charge in [0.05, 0.1) is 5.56 Å². The molecule has 0 bridgehead atoms. The van der Waals surface area contributed by atoms with E-state index in [1.54, 1.807) is 0 Å². The number of rotatable bonds is 5. The molecule has 0 atom stereocenters. The van der Waals surface area contributed by atoms with Gasteiger partial charge in [0.25, 0.3) is 0 Å². The Labute approximate surface area is 177 Å². The number of alkyl carbamates (subject to hydrolysis) is 1. The van der Waals surface area contributed by atoms with E-state index in [0.29, 0.717) is 0 Å². The number of alkyl halides is 3. The Kier molecular flexibility index (Phi) is 5.75. The van der Waals surface area contributed by atoms with Crippen molar-refractivity contribution in [3.05, 3.63) is 95.3 Å². The number of amides is 1. The normalized spacial score (nSPS) is 13.1. The molecule has 0 fully saturated rings. The molecule has 2 aromatic carbocycles. The Morgan fingerprint density at radius 1 is 1.03 bits per heavy atom. The lowest BCUT2D eigenvalue weighted by Gasteiger charge is -2.14. The fraction of sp³-hybridized carbons (Fsp3) is 0.167. The Morgan fingerprint density at radius 3 is 2.32 bits per heavy atom. The summed E-state index contributed by atoms with van der Waals surface area (Å²) in [6.45, 7) is 0.202. The van der Waals surface area contributed by atoms with Gasteiger partial charge in [0, 0.05) is 30.4 Å². The zero-order valence-electron chi connectivity index (χ0n) is 16.4. The highest BCUT2D eigenvalue weighted by Crippen LogP contribution is 2.44. The molecule has 1 N–H and O–H groups in total. The number of nitrogens with one attached hydrogen (secondary N) is 1. The van der Waals surface area contributed by atoms with Gasteiger partial charge in [-0.25, -0.2) is 4.79 Å². The Morgan fingerprint density at radius 2 is 1.68 bits per heavy atom. The van der Waals surface area contributed by atoms with Gasteiger partial charge in [-0.2, -0.15) is 13.2 Å². The van der Waals surface area contributed by atoms with Crippen LogP contribution in [0.1, 0.15) is 28.2 Å². The Bertz CT molecular complexity index is 1080. The molecule has 0 aliphatic heterocycles. The van der Waals surface area contributed by atoms with Crippen molar-refractivity contribution in [2.75, 3.05) is 13.2 Å². The molecule has 1 aliphatic carbocycles. The standard InChI is InChI=1S/C24H19F3N2O2/c25-24(26,27)22-11-13-28-14-16(22)6-5-12-29-23(30)31-15-21-19-9-3-1-7-17(19)18-8-2-4-10-20(18)21/h1-11,13-14,21H,12,15H2,(H,29,30). The maximum Gasteiger partial charge on any atom is 0.417 e. The minimum Gasteiger partial charge on any atom is -0.449 e. The second kappa shape index (κ2) is 8.63. The fourth-order valence-corrected chi connectivity index (χ4v) is 3.78. The number of fused-ring (bicyclic) bond motifs is 3. The summed E-state index contributed by atoms with van der Waals surface area (Å²) >= 11 is 0. The molecule has 1 aliphatic rings. The van der Waals surface area contributed by atoms with E-state index in [9.17, 15) is 18.0 Å². The number of hydrogen-bond acceptors (Lipinski definition) is 3. The summed E-state index contributed by atoms with van der Waals surface area (Å²) in [4.78, 5) is 15.8. The average Bonchev–Trinajstić information content (AvgIpc) is 3.09. The monoisotopic (exact) mass is 424 g/mol. The van der Waals surface area contributed by atoms with Crippen LogP contribution < -0.4 is 5.32 Å². The van der Waals surface area contributed by atoms with E-state index in [1.165, 1.54) is 12.2 Å². The number of carbonyl (C=O) groups excluding carboxylic acids is 1. The molecule has 0 saturated carbocycles. The number of nitrogens with zero attached hydrogens (tertiary/aromatic N) is 1. The molecular formula is C24H19F3N2O2. The molecule has 4 rings (SSSR count). The molecule has 7 heteroatoms. The van der Waals surface area contributed by atoms with E-state index in [4.69, 9.17) is 4.74 Å². The van der Waals surface area contributed by atoms with E-state index in [0.717, 1.165) is 40.7 Å². The van der Waals surface area contributed by atoms with Crippen LogP contribution in [-0.2, 0) is 10.9 Å². The summed E-state index contributed by atoms with van der Waals surface area (Å²) < 4.78 is 44.4. The highest BCUT2D eigenvalue weighted by Gasteiger charge is 2.32. The summed E-state index contributed by atoms with van der Waals surface area (Å²) in [7, 11) is 0. The number of pyridine rings is 1. The number of hydrogen-bond donors (Lipinski definition) is 1. The second-order valence-corrected chi connectivity index (χ2v) is 7.07. The molecule has 1 heterocycles. The molecule has 0 saturated heterocycles. The molecule has 0 radical (unpaired) electrons. The van der Waals surface area contributed by atoms with Crippen LogP contribution in [0.2, 0.25) is 0 Å². The Hall–Kier alpha value is -3.61. The molecule has 31 heavy (non-hydrogen) atoms. The largest absolute Gasteiger partial charge is 0.449 e. The van der Waals surface area contributed by atoms with Crippen LogP contribution in [0.25, 0.3) is 17.2 Å². The second-order valence-electron chi connectivity index (χ2n) is 7.07. The minimum atomic E-state index is -4.47. The maximum absolute atomic E-state index is 13.0. The van der Waals surface area contributed by atoms with Crippen LogP contribution in [0.15, 0.2) is 73.1 Å². The van der Waals surface area contributed by atoms with Crippen molar-refractivity contribution in [1.29, 1.82) is 0 Å². The first kappa shape index (κ1) is 20.7. The first-order chi connectivity index (χ1) is 14.9. The number of halogens is 3. The summed E-state index contributed by atoms with van der Waals surface area (Å²) in [5.41, 5.74) is 3.63. The summed E-state index contributed by atoms with van der Waals surface area (Å²) in [6, 6.07) is 16.9. The van der Waals surface area contributed by atoms with E-state index in [2.05, 4.69) is 10.3 Å². The molecular weight excluding hydrogens is 405 g/mol. The molecule has 4 nitrogen and oxygen atoms in total. The van der Waals surface area contributed by atoms with Crippen molar-refractivity contribution in [2.24, 2.45) is 0 Å². The number of ether oxygens (including phenoxy) is 1. The zero-order chi connectivity index (χ0) is 21.8. The van der Waals surface area contributed by atoms with Gasteiger partial charge in [-0.05, 0) is 28.3 Å². The quantitative estimate of drug-likeness (QED) is 0.576. The molecule has 0 spiro atoms. The molecule has 1 amide bonds. The molecule has 0 unspecified atom stereocenters. The smallest absolute Gasteiger partial charge is 0.417 e. The van der Waals surface area contributed by atoms with Crippen LogP contribution >= 0.6 is 0 Å². The predicted molar refractivity (Wildman–Crippen MR) is 111 cm³/mol. The third kappa shape index (κ3) is 4.45. The van der Waals surface area contributed by atoms with Crippen LogP contribution in [0.5, 0.6) is 0 Å². The van der Waals surface area contributed by atoms with Gasteiger partial charge in [0.2, 0.25) is 0 Å². The van der Waals surface area contributed by atoms with Crippen molar-refractivity contribution in [3.8, 4) is 11.1 Å². The molecule has 3 aromatic rings. The minimum absolute atomic E-state index is 0.0306. The van der Waals surface area contributed by atoms with Gasteiger partial charge < -0.3 is 10.1 Å². The molecule has 158 valence electrons. The lowest BCUT2D eigenvalue weighted by Crippen LogP contribution is -2.26. The number of carbonyl (C=O) groups is 1. The zero-order valence-corrected chi connectivity index (χ0v) is 16.4. The number of aromatic nitrogens is 1. The van der Waals surface area contributed by atoms with Crippen LogP contribution in [0.3, 0.4) is 0 Å². The van der Waals surface area contributed by atoms with Crippen LogP contribution in [0.4, 0.5) is 18.0 Å². The highest BCUT2D eigenvalue weighted by atomic mass is 19.4. The van der Waals surface area contributed by atoms with E-state index in [-0.39, 0.29) is 24.6 Å². The van der Waals surface area contributed by atoms with Crippen molar-refractivity contribution in [1.82, 2.24) is 10.3 Å². The van der Waals surface area contributed by atoms with E-state index in [1.807, 2.05) is 48.5 Å². The van der Waals surface area contributed by atoms with Crippen molar-refractivity contribution < 1.29 is 22.7 Å². The topological polar surface area (TPSA) is 51.2 Å². The fourth-order valence-electron chi connectivity index (χ4n) is 3.78. The average molecular weight is 424 g/mol. The lowest BCUT2D eigenvalue weighted by atomic mass is 9.98. The first-order valence-electron chi connectivity index (χ1n) is 9.72. The van der Waals surface area contributed by atoms with Gasteiger partial charge in [-0.1, -0.05) is 60.7 Å². The van der Waals surface area contributed by atoms with E-state index >= 15 is 0 Å². The van der Waals surface area contributed by atoms with Crippen molar-refractivity contribution in [2.45, 2.75) is 12.1 Å². The van der Waals surface area contributed by atoms with Crippen LogP contribution in [0, 0.1) is 0 Å². The summed E-state index contributed by atoms with van der Waals surface area (Å²) in [5.74, 6) is -0.0570. The molecule has 1 aromatic heterocycles. The van der Waals surface area contributed by atoms with Gasteiger partial charge in [0.15, 0.2) is 0 Å². The lowest BCUT2D eigenvalue weighted by molar-refractivity contribution is -0.137. The predicted octanol–water partition coefficient (Wildman–Crippen LogP) is 5.65. The van der Waals surface area contributed by atoms with E-state index < -0.39 is 17.8 Å². The maximum atomic E-state index is 13.0. The van der Waals surface area contributed by atoms with Crippen molar-refractivity contribution >= 4 is 12.2 Å². The van der Waals surface area contributed by atoms with Gasteiger partial charge in [0.1, 0.15) is 6.61 Å². The SMILES string of the molecule is O=C(NCC=Cc1cnccc1C(F)(F)F)OCC1c2ccccc2-c2ccccc21. The van der Waals surface area contributed by atoms with Gasteiger partial charge in [-0.15, -0.1) is 0 Å². The summed E-state index contributed by atoms with van der Waals surface area (Å²) in [5, 5.41) is 2.53. The van der Waals surface area contributed by atoms with Crippen molar-refractivity contribution in [3.63, 3.8) is 0 Å². The van der Waals surface area contributed by atoms with Crippen LogP contribution in [-0.4, -0.2) is 24.2 Å². The Balaban J connectivity index is 1.35. The summed E-state index contributed by atoms with van der Waals surface area (Å²) in [6.07, 6.45) is -0.175. The van der Waals surface area contributed by atoms with Gasteiger partial charge in [-0.3, -0.25) is 4.98 Å². The highest BCUT2D eigenvalue weighted by molar-refractivity contribution is 5.79. The number of benzene rings is 2. The first-order valence-corrected chi connectivity index (χ1v) is 9.72.